The van der Waals surface area contributed by atoms with Crippen molar-refractivity contribution in [3.8, 4) is 0 Å². The van der Waals surface area contributed by atoms with Crippen LogP contribution in [0.3, 0.4) is 0 Å². The van der Waals surface area contributed by atoms with Crippen LogP contribution in [-0.2, 0) is 16.1 Å². The maximum absolute atomic E-state index is 12.5. The van der Waals surface area contributed by atoms with Gasteiger partial charge >= 0.3 is 0 Å². The molecule has 0 spiro atoms. The third kappa shape index (κ3) is 3.78. The lowest BCUT2D eigenvalue weighted by atomic mass is 10.2. The van der Waals surface area contributed by atoms with Gasteiger partial charge in [0.05, 0.1) is 13.2 Å². The molecule has 2 rings (SSSR count). The highest BCUT2D eigenvalue weighted by Crippen LogP contribution is 2.15. The molecule has 1 saturated heterocycles. The summed E-state index contributed by atoms with van der Waals surface area (Å²) in [5.41, 5.74) is 5.85. The number of amides is 2. The van der Waals surface area contributed by atoms with E-state index in [0.717, 1.165) is 6.42 Å². The highest BCUT2D eigenvalue weighted by atomic mass is 32.1. The molecule has 1 aliphatic heterocycles. The maximum atomic E-state index is 12.5. The first-order chi connectivity index (χ1) is 10.2. The number of morpholine rings is 1. The Hall–Kier alpha value is -1.51. The first-order valence-corrected chi connectivity index (χ1v) is 7.86. The summed E-state index contributed by atoms with van der Waals surface area (Å²) in [7, 11) is 0. The molecule has 116 valence electrons. The van der Waals surface area contributed by atoms with Crippen molar-refractivity contribution in [2.24, 2.45) is 5.73 Å². The molecule has 0 saturated carbocycles. The van der Waals surface area contributed by atoms with Crippen LogP contribution in [0.2, 0.25) is 0 Å². The Balaban J connectivity index is 2.10. The Kier molecular flexibility index (Phi) is 5.66. The molecule has 0 aliphatic carbocycles. The lowest BCUT2D eigenvalue weighted by Crippen LogP contribution is -2.56. The van der Waals surface area contributed by atoms with Crippen molar-refractivity contribution in [3.63, 3.8) is 0 Å². The first-order valence-electron chi connectivity index (χ1n) is 6.98. The summed E-state index contributed by atoms with van der Waals surface area (Å²) in [5.74, 6) is -0.426. The second kappa shape index (κ2) is 7.48. The summed E-state index contributed by atoms with van der Waals surface area (Å²) >= 11 is 1.35. The molecule has 0 aromatic carbocycles. The van der Waals surface area contributed by atoms with E-state index in [4.69, 9.17) is 10.5 Å². The van der Waals surface area contributed by atoms with Gasteiger partial charge in [-0.25, -0.2) is 4.98 Å². The van der Waals surface area contributed by atoms with Crippen LogP contribution in [-0.4, -0.2) is 54.0 Å². The van der Waals surface area contributed by atoms with Crippen LogP contribution in [0.5, 0.6) is 0 Å². The largest absolute Gasteiger partial charge is 0.377 e. The third-order valence-corrected chi connectivity index (χ3v) is 4.06. The van der Waals surface area contributed by atoms with Crippen LogP contribution in [0.25, 0.3) is 0 Å². The smallest absolute Gasteiger partial charge is 0.274 e. The number of hydrogen-bond donors (Lipinski definition) is 2. The van der Waals surface area contributed by atoms with E-state index in [-0.39, 0.29) is 18.4 Å². The van der Waals surface area contributed by atoms with Gasteiger partial charge in [0.25, 0.3) is 5.91 Å². The fourth-order valence-electron chi connectivity index (χ4n) is 2.08. The van der Waals surface area contributed by atoms with Crippen molar-refractivity contribution in [2.45, 2.75) is 25.9 Å². The number of thiazole rings is 1. The van der Waals surface area contributed by atoms with Crippen LogP contribution in [0, 0.1) is 0 Å². The molecule has 1 unspecified atom stereocenters. The molecule has 1 atom stereocenters. The molecular weight excluding hydrogens is 292 g/mol. The van der Waals surface area contributed by atoms with Gasteiger partial charge in [-0.15, -0.1) is 11.3 Å². The van der Waals surface area contributed by atoms with E-state index in [1.54, 1.807) is 5.38 Å². The van der Waals surface area contributed by atoms with E-state index in [2.05, 4.69) is 10.3 Å². The van der Waals surface area contributed by atoms with Crippen molar-refractivity contribution in [1.29, 1.82) is 0 Å². The topological polar surface area (TPSA) is 97.5 Å². The number of rotatable bonds is 5. The van der Waals surface area contributed by atoms with Crippen molar-refractivity contribution >= 4 is 23.2 Å². The van der Waals surface area contributed by atoms with E-state index >= 15 is 0 Å². The van der Waals surface area contributed by atoms with Gasteiger partial charge in [0.15, 0.2) is 0 Å². The average molecular weight is 312 g/mol. The molecule has 7 nitrogen and oxygen atoms in total. The number of carbonyl (C=O) groups is 2. The normalized spacial score (nSPS) is 18.6. The average Bonchev–Trinajstić information content (AvgIpc) is 3.01. The lowest BCUT2D eigenvalue weighted by Gasteiger charge is -2.34. The summed E-state index contributed by atoms with van der Waals surface area (Å²) in [6.07, 6.45) is 0.846. The second-order valence-corrected chi connectivity index (χ2v) is 5.65. The van der Waals surface area contributed by atoms with E-state index in [9.17, 15) is 9.59 Å². The molecule has 1 aliphatic rings. The molecule has 1 aromatic heterocycles. The number of nitrogens with one attached hydrogen (secondary N) is 1. The minimum Gasteiger partial charge on any atom is -0.377 e. The van der Waals surface area contributed by atoms with Gasteiger partial charge in [0, 0.05) is 25.0 Å². The minimum absolute atomic E-state index is 0.181. The number of hydrogen-bond acceptors (Lipinski definition) is 6. The molecule has 0 radical (unpaired) electrons. The minimum atomic E-state index is -0.596. The van der Waals surface area contributed by atoms with Gasteiger partial charge < -0.3 is 20.7 Å². The Bertz CT molecular complexity index is 505. The van der Waals surface area contributed by atoms with Crippen LogP contribution in [0.15, 0.2) is 5.38 Å². The standard InChI is InChI=1S/C13H20N4O3S/c1-2-3-15-12(18)10-7-20-5-4-17(10)13(19)9-8-21-11(6-14)16-9/h8,10H,2-7,14H2,1H3,(H,15,18). The van der Waals surface area contributed by atoms with Crippen molar-refractivity contribution in [3.05, 3.63) is 16.1 Å². The monoisotopic (exact) mass is 312 g/mol. The van der Waals surface area contributed by atoms with E-state index in [1.165, 1.54) is 16.2 Å². The summed E-state index contributed by atoms with van der Waals surface area (Å²) in [6, 6.07) is -0.596. The Morgan fingerprint density at radius 1 is 1.62 bits per heavy atom. The van der Waals surface area contributed by atoms with E-state index in [1.807, 2.05) is 6.92 Å². The maximum Gasteiger partial charge on any atom is 0.274 e. The van der Waals surface area contributed by atoms with Gasteiger partial charge in [-0.05, 0) is 6.42 Å². The molecule has 21 heavy (non-hydrogen) atoms. The van der Waals surface area contributed by atoms with Crippen molar-refractivity contribution < 1.29 is 14.3 Å². The number of nitrogens with zero attached hydrogens (tertiary/aromatic N) is 2. The SMILES string of the molecule is CCCNC(=O)C1COCCN1C(=O)c1csc(CN)n1. The summed E-state index contributed by atoms with van der Waals surface area (Å²) < 4.78 is 5.33. The summed E-state index contributed by atoms with van der Waals surface area (Å²) in [6.45, 7) is 3.90. The molecule has 2 amide bonds. The summed E-state index contributed by atoms with van der Waals surface area (Å²) in [4.78, 5) is 30.4. The number of carbonyl (C=O) groups excluding carboxylic acids is 2. The van der Waals surface area contributed by atoms with E-state index in [0.29, 0.717) is 36.9 Å². The molecular formula is C13H20N4O3S. The Morgan fingerprint density at radius 2 is 2.43 bits per heavy atom. The first kappa shape index (κ1) is 15.9. The second-order valence-electron chi connectivity index (χ2n) is 4.71. The highest BCUT2D eigenvalue weighted by Gasteiger charge is 2.34. The van der Waals surface area contributed by atoms with Gasteiger partial charge in [0.2, 0.25) is 5.91 Å². The zero-order chi connectivity index (χ0) is 15.2. The van der Waals surface area contributed by atoms with Gasteiger partial charge in [-0.2, -0.15) is 0 Å². The zero-order valence-electron chi connectivity index (χ0n) is 12.0. The van der Waals surface area contributed by atoms with Crippen molar-refractivity contribution in [2.75, 3.05) is 26.3 Å². The number of ether oxygens (including phenoxy) is 1. The van der Waals surface area contributed by atoms with Gasteiger partial charge in [0.1, 0.15) is 16.7 Å². The van der Waals surface area contributed by atoms with Crippen LogP contribution in [0.4, 0.5) is 0 Å². The van der Waals surface area contributed by atoms with Crippen LogP contribution < -0.4 is 11.1 Å². The number of nitrogens with two attached hydrogens (primary N) is 1. The predicted molar refractivity (Wildman–Crippen MR) is 78.9 cm³/mol. The van der Waals surface area contributed by atoms with Crippen molar-refractivity contribution in [1.82, 2.24) is 15.2 Å². The predicted octanol–water partition coefficient (Wildman–Crippen LogP) is -0.0310. The molecule has 2 heterocycles. The molecule has 1 fully saturated rings. The Labute approximate surface area is 127 Å². The molecule has 1 aromatic rings. The van der Waals surface area contributed by atoms with E-state index < -0.39 is 6.04 Å². The van der Waals surface area contributed by atoms with Crippen LogP contribution in [0.1, 0.15) is 28.8 Å². The number of aromatic nitrogens is 1. The zero-order valence-corrected chi connectivity index (χ0v) is 12.8. The molecule has 3 N–H and O–H groups in total. The summed E-state index contributed by atoms with van der Waals surface area (Å²) in [5, 5.41) is 5.19. The molecule has 0 bridgehead atoms. The van der Waals surface area contributed by atoms with Crippen LogP contribution >= 0.6 is 11.3 Å². The Morgan fingerprint density at radius 3 is 3.10 bits per heavy atom. The highest BCUT2D eigenvalue weighted by molar-refractivity contribution is 7.09. The quantitative estimate of drug-likeness (QED) is 0.795. The fourth-order valence-corrected chi connectivity index (χ4v) is 2.73. The molecule has 8 heteroatoms. The van der Waals surface area contributed by atoms with Gasteiger partial charge in [-0.3, -0.25) is 9.59 Å². The fraction of sp³-hybridized carbons (Fsp3) is 0.615. The lowest BCUT2D eigenvalue weighted by molar-refractivity contribution is -0.130. The van der Waals surface area contributed by atoms with Gasteiger partial charge in [-0.1, -0.05) is 6.92 Å². The third-order valence-electron chi connectivity index (χ3n) is 3.19.